The highest BCUT2D eigenvalue weighted by molar-refractivity contribution is 7.80. The highest BCUT2D eigenvalue weighted by atomic mass is 32.1. The highest BCUT2D eigenvalue weighted by Crippen LogP contribution is 2.14. The van der Waals surface area contributed by atoms with Crippen LogP contribution in [0.1, 0.15) is 12.5 Å². The lowest BCUT2D eigenvalue weighted by molar-refractivity contribution is -0.117. The molecule has 0 spiro atoms. The van der Waals surface area contributed by atoms with Crippen LogP contribution >= 0.6 is 12.2 Å². The lowest BCUT2D eigenvalue weighted by atomic mass is 10.2. The van der Waals surface area contributed by atoms with Crippen LogP contribution in [0.15, 0.2) is 24.3 Å². The van der Waals surface area contributed by atoms with E-state index in [1.807, 2.05) is 31.0 Å². The molecule has 0 bridgehead atoms. The number of nitrogens with two attached hydrogens (primary N) is 1. The number of para-hydroxylation sites is 1. The summed E-state index contributed by atoms with van der Waals surface area (Å²) in [6.45, 7) is 4.24. The lowest BCUT2D eigenvalue weighted by Crippen LogP contribution is -2.33. The average molecular weight is 295 g/mol. The Hall–Kier alpha value is -1.50. The Bertz CT molecular complexity index is 465. The van der Waals surface area contributed by atoms with Crippen LogP contribution in [-0.2, 0) is 9.53 Å². The second-order valence-electron chi connectivity index (χ2n) is 4.39. The molecule has 1 rings (SSSR count). The minimum Gasteiger partial charge on any atom is -0.389 e. The van der Waals surface area contributed by atoms with Crippen molar-refractivity contribution in [2.45, 2.75) is 6.92 Å². The molecule has 5 nitrogen and oxygen atoms in total. The Morgan fingerprint density at radius 2 is 2.15 bits per heavy atom. The zero-order valence-corrected chi connectivity index (χ0v) is 12.7. The molecule has 0 unspecified atom stereocenters. The fraction of sp³-hybridized carbons (Fsp3) is 0.429. The normalized spacial score (nSPS) is 10.6. The largest absolute Gasteiger partial charge is 0.389 e. The van der Waals surface area contributed by atoms with E-state index in [0.29, 0.717) is 37.6 Å². The second-order valence-corrected chi connectivity index (χ2v) is 4.83. The summed E-state index contributed by atoms with van der Waals surface area (Å²) in [6.07, 6.45) is 0. The van der Waals surface area contributed by atoms with E-state index in [-0.39, 0.29) is 10.9 Å². The number of likely N-dealkylation sites (N-methyl/N-ethyl adjacent to an activating group) is 1. The number of ether oxygens (including phenoxy) is 1. The van der Waals surface area contributed by atoms with Crippen molar-refractivity contribution in [2.75, 3.05) is 38.7 Å². The second kappa shape index (κ2) is 8.63. The number of thiocarbonyl (C=S) groups is 1. The quantitative estimate of drug-likeness (QED) is 0.558. The molecule has 0 atom stereocenters. The number of hydrogen-bond donors (Lipinski definition) is 2. The summed E-state index contributed by atoms with van der Waals surface area (Å²) in [7, 11) is 1.87. The van der Waals surface area contributed by atoms with Crippen molar-refractivity contribution in [3.05, 3.63) is 29.8 Å². The summed E-state index contributed by atoms with van der Waals surface area (Å²) in [5, 5.41) is 2.82. The molecule has 0 fully saturated rings. The van der Waals surface area contributed by atoms with Gasteiger partial charge in [0.25, 0.3) is 0 Å². The van der Waals surface area contributed by atoms with Gasteiger partial charge in [-0.25, -0.2) is 0 Å². The first-order valence-corrected chi connectivity index (χ1v) is 6.90. The minimum atomic E-state index is -0.104. The molecule has 0 aliphatic heterocycles. The maximum atomic E-state index is 12.0. The van der Waals surface area contributed by atoms with Crippen molar-refractivity contribution in [3.8, 4) is 0 Å². The average Bonchev–Trinajstić information content (AvgIpc) is 2.39. The third-order valence-electron chi connectivity index (χ3n) is 2.70. The molecule has 3 N–H and O–H groups in total. The van der Waals surface area contributed by atoms with Crippen molar-refractivity contribution in [1.29, 1.82) is 0 Å². The molecule has 110 valence electrons. The first-order chi connectivity index (χ1) is 9.54. The first-order valence-electron chi connectivity index (χ1n) is 6.49. The van der Waals surface area contributed by atoms with Gasteiger partial charge in [-0.2, -0.15) is 0 Å². The summed E-state index contributed by atoms with van der Waals surface area (Å²) < 4.78 is 5.25. The summed E-state index contributed by atoms with van der Waals surface area (Å²) in [5.41, 5.74) is 6.94. The summed E-state index contributed by atoms with van der Waals surface area (Å²) in [6, 6.07) is 7.23. The Morgan fingerprint density at radius 3 is 2.80 bits per heavy atom. The molecule has 1 aromatic rings. The number of benzene rings is 1. The molecule has 0 aromatic heterocycles. The van der Waals surface area contributed by atoms with Crippen molar-refractivity contribution >= 4 is 28.8 Å². The molecule has 0 radical (unpaired) electrons. The number of amides is 1. The van der Waals surface area contributed by atoms with Gasteiger partial charge in [-0.15, -0.1) is 0 Å². The Balaban J connectivity index is 2.52. The Morgan fingerprint density at radius 1 is 1.45 bits per heavy atom. The molecule has 20 heavy (non-hydrogen) atoms. The smallest absolute Gasteiger partial charge is 0.238 e. The number of anilines is 1. The van der Waals surface area contributed by atoms with Gasteiger partial charge in [0.15, 0.2) is 0 Å². The topological polar surface area (TPSA) is 67.6 Å². The molecule has 0 aliphatic carbocycles. The summed E-state index contributed by atoms with van der Waals surface area (Å²) >= 11 is 4.96. The van der Waals surface area contributed by atoms with E-state index in [1.165, 1.54) is 0 Å². The van der Waals surface area contributed by atoms with Gasteiger partial charge in [0.05, 0.1) is 18.8 Å². The molecule has 0 saturated heterocycles. The maximum absolute atomic E-state index is 12.0. The molecular formula is C14H21N3O2S. The van der Waals surface area contributed by atoms with E-state index >= 15 is 0 Å². The predicted octanol–water partition coefficient (Wildman–Crippen LogP) is 1.23. The monoisotopic (exact) mass is 295 g/mol. The van der Waals surface area contributed by atoms with Gasteiger partial charge in [-0.05, 0) is 26.1 Å². The van der Waals surface area contributed by atoms with Gasteiger partial charge in [0.1, 0.15) is 4.99 Å². The van der Waals surface area contributed by atoms with Crippen molar-refractivity contribution in [2.24, 2.45) is 5.73 Å². The van der Waals surface area contributed by atoms with Crippen LogP contribution in [0.5, 0.6) is 0 Å². The fourth-order valence-corrected chi connectivity index (χ4v) is 1.86. The predicted molar refractivity (Wildman–Crippen MR) is 84.9 cm³/mol. The zero-order chi connectivity index (χ0) is 15.0. The van der Waals surface area contributed by atoms with Crippen molar-refractivity contribution in [1.82, 2.24) is 4.90 Å². The van der Waals surface area contributed by atoms with Gasteiger partial charge >= 0.3 is 0 Å². The summed E-state index contributed by atoms with van der Waals surface area (Å²) in [5.74, 6) is -0.104. The third-order valence-corrected chi connectivity index (χ3v) is 2.92. The first kappa shape index (κ1) is 16.6. The van der Waals surface area contributed by atoms with Crippen LogP contribution < -0.4 is 11.1 Å². The number of carbonyl (C=O) groups is 1. The van der Waals surface area contributed by atoms with E-state index in [1.54, 1.807) is 12.1 Å². The lowest BCUT2D eigenvalue weighted by Gasteiger charge is -2.16. The number of rotatable bonds is 8. The van der Waals surface area contributed by atoms with Crippen LogP contribution in [0, 0.1) is 0 Å². The molecule has 0 heterocycles. The van der Waals surface area contributed by atoms with Crippen LogP contribution in [0.2, 0.25) is 0 Å². The third kappa shape index (κ3) is 5.64. The molecule has 0 saturated carbocycles. The molecule has 0 aliphatic rings. The van der Waals surface area contributed by atoms with Gasteiger partial charge in [0, 0.05) is 18.7 Å². The SMILES string of the molecule is CCOCCN(C)CC(=O)Nc1ccccc1C(N)=S. The highest BCUT2D eigenvalue weighted by Gasteiger charge is 2.10. The van der Waals surface area contributed by atoms with Crippen LogP contribution in [0.4, 0.5) is 5.69 Å². The number of carbonyl (C=O) groups excluding carboxylic acids is 1. The van der Waals surface area contributed by atoms with E-state index < -0.39 is 0 Å². The minimum absolute atomic E-state index is 0.104. The standard InChI is InChI=1S/C14H21N3O2S/c1-3-19-9-8-17(2)10-13(18)16-12-7-5-4-6-11(12)14(15)20/h4-7H,3,8-10H2,1-2H3,(H2,15,20)(H,16,18). The van der Waals surface area contributed by atoms with E-state index in [2.05, 4.69) is 5.32 Å². The molecule has 6 heteroatoms. The zero-order valence-electron chi connectivity index (χ0n) is 11.9. The van der Waals surface area contributed by atoms with E-state index in [0.717, 1.165) is 0 Å². The summed E-state index contributed by atoms with van der Waals surface area (Å²) in [4.78, 5) is 14.1. The van der Waals surface area contributed by atoms with Crippen molar-refractivity contribution in [3.63, 3.8) is 0 Å². The number of nitrogens with one attached hydrogen (secondary N) is 1. The van der Waals surface area contributed by atoms with Gasteiger partial charge in [-0.1, -0.05) is 24.4 Å². The molecule has 1 amide bonds. The van der Waals surface area contributed by atoms with Gasteiger partial charge in [-0.3, -0.25) is 9.69 Å². The maximum Gasteiger partial charge on any atom is 0.238 e. The van der Waals surface area contributed by atoms with E-state index in [9.17, 15) is 4.79 Å². The Kier molecular flexibility index (Phi) is 7.14. The van der Waals surface area contributed by atoms with Crippen molar-refractivity contribution < 1.29 is 9.53 Å². The number of hydrogen-bond acceptors (Lipinski definition) is 4. The fourth-order valence-electron chi connectivity index (χ4n) is 1.69. The Labute approximate surface area is 125 Å². The van der Waals surface area contributed by atoms with E-state index in [4.69, 9.17) is 22.7 Å². The van der Waals surface area contributed by atoms with Gasteiger partial charge < -0.3 is 15.8 Å². The van der Waals surface area contributed by atoms with Gasteiger partial charge in [0.2, 0.25) is 5.91 Å². The van der Waals surface area contributed by atoms with Crippen LogP contribution in [0.3, 0.4) is 0 Å². The number of nitrogens with zero attached hydrogens (tertiary/aromatic N) is 1. The molecular weight excluding hydrogens is 274 g/mol. The molecule has 1 aromatic carbocycles. The van der Waals surface area contributed by atoms with Crippen LogP contribution in [-0.4, -0.2) is 49.1 Å². The van der Waals surface area contributed by atoms with Crippen LogP contribution in [0.25, 0.3) is 0 Å².